The van der Waals surface area contributed by atoms with Crippen molar-refractivity contribution in [2.24, 2.45) is 7.05 Å². The van der Waals surface area contributed by atoms with Crippen LogP contribution in [-0.2, 0) is 20.0 Å². The second-order valence-corrected chi connectivity index (χ2v) is 8.41. The fourth-order valence-corrected chi connectivity index (χ4v) is 4.65. The van der Waals surface area contributed by atoms with Gasteiger partial charge in [-0.1, -0.05) is 0 Å². The number of hydrogen-bond acceptors (Lipinski definition) is 7. The van der Waals surface area contributed by atoms with Crippen molar-refractivity contribution in [3.8, 4) is 23.0 Å². The Hall–Kier alpha value is -2.94. The van der Waals surface area contributed by atoms with E-state index in [1.165, 1.54) is 11.3 Å². The van der Waals surface area contributed by atoms with Crippen molar-refractivity contribution in [3.63, 3.8) is 0 Å². The molecule has 1 fully saturated rings. The number of likely N-dealkylation sites (tertiary alicyclic amines) is 1. The molecule has 9 nitrogen and oxygen atoms in total. The summed E-state index contributed by atoms with van der Waals surface area (Å²) in [5, 5.41) is 12.0. The minimum absolute atomic E-state index is 0.467. The van der Waals surface area contributed by atoms with Gasteiger partial charge in [0, 0.05) is 29.9 Å². The molecule has 0 unspecified atom stereocenters. The van der Waals surface area contributed by atoms with E-state index in [-0.39, 0.29) is 0 Å². The van der Waals surface area contributed by atoms with E-state index in [1.54, 1.807) is 18.0 Å². The number of methoxy groups -OCH3 is 1. The van der Waals surface area contributed by atoms with Gasteiger partial charge in [0.2, 0.25) is 11.8 Å². The van der Waals surface area contributed by atoms with Crippen LogP contribution in [0, 0.1) is 6.92 Å². The largest absolute Gasteiger partial charge is 0.481 e. The van der Waals surface area contributed by atoms with E-state index in [4.69, 9.17) is 14.5 Å². The summed E-state index contributed by atoms with van der Waals surface area (Å²) in [4.78, 5) is 11.9. The van der Waals surface area contributed by atoms with E-state index in [2.05, 4.69) is 38.2 Å². The Morgan fingerprint density at radius 3 is 2.90 bits per heavy atom. The third-order valence-electron chi connectivity index (χ3n) is 6.38. The van der Waals surface area contributed by atoms with Crippen molar-refractivity contribution < 1.29 is 9.47 Å². The molecule has 3 aromatic rings. The lowest BCUT2D eigenvalue weighted by molar-refractivity contribution is 0.196. The summed E-state index contributed by atoms with van der Waals surface area (Å²) < 4.78 is 12.9. The minimum atomic E-state index is 0.467. The highest BCUT2D eigenvalue weighted by atomic mass is 16.5. The quantitative estimate of drug-likeness (QED) is 0.674. The van der Waals surface area contributed by atoms with E-state index >= 15 is 0 Å². The Kier molecular flexibility index (Phi) is 5.35. The van der Waals surface area contributed by atoms with E-state index in [0.29, 0.717) is 5.92 Å². The summed E-state index contributed by atoms with van der Waals surface area (Å²) in [7, 11) is 3.52. The van der Waals surface area contributed by atoms with Crippen LogP contribution < -0.4 is 9.47 Å². The second-order valence-electron chi connectivity index (χ2n) is 8.41. The van der Waals surface area contributed by atoms with Crippen LogP contribution in [0.4, 0.5) is 0 Å². The van der Waals surface area contributed by atoms with Crippen molar-refractivity contribution in [2.45, 2.75) is 45.1 Å². The summed E-state index contributed by atoms with van der Waals surface area (Å²) in [6, 6.07) is 2.13. The number of aryl methyl sites for hydroxylation is 2. The first-order chi connectivity index (χ1) is 15.1. The highest BCUT2D eigenvalue weighted by molar-refractivity contribution is 5.64. The summed E-state index contributed by atoms with van der Waals surface area (Å²) in [6.45, 7) is 5.61. The normalized spacial score (nSPS) is 17.4. The molecule has 1 saturated heterocycles. The number of rotatable bonds is 5. The summed E-state index contributed by atoms with van der Waals surface area (Å²) >= 11 is 0. The van der Waals surface area contributed by atoms with Gasteiger partial charge in [-0.15, -0.1) is 0 Å². The van der Waals surface area contributed by atoms with Crippen molar-refractivity contribution >= 4 is 0 Å². The van der Waals surface area contributed by atoms with Crippen LogP contribution in [-0.4, -0.2) is 61.7 Å². The highest BCUT2D eigenvalue weighted by Gasteiger charge is 2.25. The van der Waals surface area contributed by atoms with Crippen LogP contribution in [0.15, 0.2) is 12.3 Å². The molecule has 1 N–H and O–H groups in total. The zero-order valence-electron chi connectivity index (χ0n) is 18.4. The molecule has 5 heterocycles. The molecule has 31 heavy (non-hydrogen) atoms. The molecule has 3 aromatic heterocycles. The highest BCUT2D eigenvalue weighted by Crippen LogP contribution is 2.33. The summed E-state index contributed by atoms with van der Waals surface area (Å²) in [5.74, 6) is 2.84. The Balaban J connectivity index is 1.22. The monoisotopic (exact) mass is 423 g/mol. The number of nitrogens with zero attached hydrogens (tertiary/aromatic N) is 6. The Morgan fingerprint density at radius 1 is 1.26 bits per heavy atom. The van der Waals surface area contributed by atoms with Gasteiger partial charge in [0.25, 0.3) is 0 Å². The standard InChI is InChI=1S/C22H29N7O2/c1-14-16-5-4-10-31-21(16)25-20(24-14)13-29-8-6-15(7-9-29)18-11-19(27-26-18)17-12-23-28(2)22(17)30-3/h11-12,15H,4-10,13H2,1-3H3,(H,26,27). The molecule has 2 aliphatic heterocycles. The van der Waals surface area contributed by atoms with Crippen LogP contribution in [0.2, 0.25) is 0 Å². The summed E-state index contributed by atoms with van der Waals surface area (Å²) in [5.41, 5.74) is 5.20. The van der Waals surface area contributed by atoms with Crippen LogP contribution in [0.5, 0.6) is 11.8 Å². The van der Waals surface area contributed by atoms with Gasteiger partial charge in [-0.2, -0.15) is 15.2 Å². The molecule has 0 radical (unpaired) electrons. The maximum atomic E-state index is 5.77. The molecular weight excluding hydrogens is 394 g/mol. The molecule has 164 valence electrons. The lowest BCUT2D eigenvalue weighted by Crippen LogP contribution is -2.33. The van der Waals surface area contributed by atoms with Gasteiger partial charge in [0.1, 0.15) is 5.82 Å². The van der Waals surface area contributed by atoms with Gasteiger partial charge >= 0.3 is 0 Å². The first-order valence-electron chi connectivity index (χ1n) is 11.0. The van der Waals surface area contributed by atoms with Crippen molar-refractivity contribution in [3.05, 3.63) is 35.0 Å². The topological polar surface area (TPSA) is 94.0 Å². The molecule has 0 atom stereocenters. The molecule has 2 aliphatic rings. The van der Waals surface area contributed by atoms with Crippen LogP contribution >= 0.6 is 0 Å². The Bertz CT molecular complexity index is 1070. The average Bonchev–Trinajstić information content (AvgIpc) is 3.41. The number of aromatic amines is 1. The smallest absolute Gasteiger partial charge is 0.220 e. The zero-order valence-corrected chi connectivity index (χ0v) is 18.4. The number of H-pyrrole nitrogens is 1. The number of fused-ring (bicyclic) bond motifs is 1. The SMILES string of the molecule is COc1c(-c2cc(C3CCN(Cc4nc(C)c5c(n4)OCCC5)CC3)[nH]n2)cnn1C. The van der Waals surface area contributed by atoms with E-state index < -0.39 is 0 Å². The molecular formula is C22H29N7O2. The second kappa shape index (κ2) is 8.30. The molecule has 0 aromatic carbocycles. The lowest BCUT2D eigenvalue weighted by Gasteiger charge is -2.31. The van der Waals surface area contributed by atoms with Crippen LogP contribution in [0.25, 0.3) is 11.3 Å². The maximum absolute atomic E-state index is 5.77. The molecule has 0 aliphatic carbocycles. The average molecular weight is 424 g/mol. The van der Waals surface area contributed by atoms with Crippen molar-refractivity contribution in [1.82, 2.24) is 34.8 Å². The molecule has 0 bridgehead atoms. The number of ether oxygens (including phenoxy) is 2. The van der Waals surface area contributed by atoms with Crippen LogP contribution in [0.3, 0.4) is 0 Å². The number of aromatic nitrogens is 6. The van der Waals surface area contributed by atoms with E-state index in [0.717, 1.165) is 86.5 Å². The van der Waals surface area contributed by atoms with E-state index in [9.17, 15) is 0 Å². The Morgan fingerprint density at radius 2 is 2.10 bits per heavy atom. The molecule has 5 rings (SSSR count). The van der Waals surface area contributed by atoms with Gasteiger partial charge < -0.3 is 9.47 Å². The summed E-state index contributed by atoms with van der Waals surface area (Å²) in [6.07, 6.45) is 6.01. The Labute approximate surface area is 181 Å². The van der Waals surface area contributed by atoms with Gasteiger partial charge in [-0.25, -0.2) is 9.67 Å². The molecule has 9 heteroatoms. The predicted octanol–water partition coefficient (Wildman–Crippen LogP) is 2.62. The molecule has 0 saturated carbocycles. The minimum Gasteiger partial charge on any atom is -0.481 e. The first kappa shape index (κ1) is 20.0. The van der Waals surface area contributed by atoms with Gasteiger partial charge in [-0.05, 0) is 51.8 Å². The lowest BCUT2D eigenvalue weighted by atomic mass is 9.93. The third kappa shape index (κ3) is 3.89. The fraction of sp³-hybridized carbons (Fsp3) is 0.545. The van der Waals surface area contributed by atoms with Crippen molar-refractivity contribution in [2.75, 3.05) is 26.8 Å². The van der Waals surface area contributed by atoms with Crippen molar-refractivity contribution in [1.29, 1.82) is 0 Å². The number of piperidine rings is 1. The number of hydrogen-bond donors (Lipinski definition) is 1. The number of nitrogens with one attached hydrogen (secondary N) is 1. The third-order valence-corrected chi connectivity index (χ3v) is 6.38. The maximum Gasteiger partial charge on any atom is 0.220 e. The van der Waals surface area contributed by atoms with E-state index in [1.807, 2.05) is 7.05 Å². The van der Waals surface area contributed by atoms with Crippen LogP contribution in [0.1, 0.15) is 48.0 Å². The fourth-order valence-electron chi connectivity index (χ4n) is 4.65. The molecule has 0 amide bonds. The zero-order chi connectivity index (χ0) is 21.4. The van der Waals surface area contributed by atoms with Gasteiger partial charge in [-0.3, -0.25) is 10.00 Å². The van der Waals surface area contributed by atoms with Gasteiger partial charge in [0.15, 0.2) is 0 Å². The van der Waals surface area contributed by atoms with Gasteiger partial charge in [0.05, 0.1) is 37.7 Å². The predicted molar refractivity (Wildman–Crippen MR) is 115 cm³/mol. The first-order valence-corrected chi connectivity index (χ1v) is 11.0. The molecule has 0 spiro atoms.